The third-order valence-electron chi connectivity index (χ3n) is 7.12. The first-order valence-corrected chi connectivity index (χ1v) is 11.4. The summed E-state index contributed by atoms with van der Waals surface area (Å²) < 4.78 is 8.58. The molecule has 3 atom stereocenters. The SMILES string of the molecule is C1=CC2OC3=C(CC(c4cccc(-n5c6ccccc6c6ccccc65)c4)C=C3)C2C=C1. The van der Waals surface area contributed by atoms with Crippen molar-refractivity contribution in [2.24, 2.45) is 5.92 Å². The molecule has 2 heteroatoms. The number of aromatic nitrogens is 1. The Morgan fingerprint density at radius 1 is 0.750 bits per heavy atom. The normalized spacial score (nSPS) is 23.6. The number of rotatable bonds is 2. The van der Waals surface area contributed by atoms with Crippen LogP contribution in [0, 0.1) is 5.92 Å². The first-order chi connectivity index (χ1) is 15.9. The molecule has 0 amide bonds. The summed E-state index contributed by atoms with van der Waals surface area (Å²) in [5, 5.41) is 2.60. The molecule has 0 saturated heterocycles. The van der Waals surface area contributed by atoms with Gasteiger partial charge in [-0.15, -0.1) is 0 Å². The van der Waals surface area contributed by atoms with E-state index in [9.17, 15) is 0 Å². The first-order valence-electron chi connectivity index (χ1n) is 11.4. The molecule has 0 radical (unpaired) electrons. The summed E-state index contributed by atoms with van der Waals surface area (Å²) in [6.45, 7) is 0. The van der Waals surface area contributed by atoms with Crippen LogP contribution in [0.5, 0.6) is 0 Å². The topological polar surface area (TPSA) is 14.2 Å². The van der Waals surface area contributed by atoms with E-state index in [0.29, 0.717) is 11.8 Å². The Morgan fingerprint density at radius 3 is 2.31 bits per heavy atom. The van der Waals surface area contributed by atoms with Crippen molar-refractivity contribution in [3.05, 3.63) is 126 Å². The third kappa shape index (κ3) is 2.59. The van der Waals surface area contributed by atoms with E-state index in [-0.39, 0.29) is 6.10 Å². The molecule has 3 aromatic carbocycles. The van der Waals surface area contributed by atoms with Crippen LogP contribution in [-0.4, -0.2) is 10.7 Å². The minimum absolute atomic E-state index is 0.164. The molecular weight excluding hydrogens is 390 g/mol. The van der Waals surface area contributed by atoms with Crippen molar-refractivity contribution in [3.8, 4) is 5.69 Å². The number of ether oxygens (including phenoxy) is 1. The second-order valence-electron chi connectivity index (χ2n) is 8.90. The maximum atomic E-state index is 6.18. The van der Waals surface area contributed by atoms with Crippen LogP contribution in [0.25, 0.3) is 27.5 Å². The minimum atomic E-state index is 0.164. The summed E-state index contributed by atoms with van der Waals surface area (Å²) in [6.07, 6.45) is 14.4. The average Bonchev–Trinajstić information content (AvgIpc) is 3.39. The van der Waals surface area contributed by atoms with Gasteiger partial charge in [0, 0.05) is 28.3 Å². The van der Waals surface area contributed by atoms with E-state index in [1.54, 1.807) is 0 Å². The highest BCUT2D eigenvalue weighted by Gasteiger charge is 2.36. The summed E-state index contributed by atoms with van der Waals surface area (Å²) in [5.74, 6) is 1.82. The number of allylic oxidation sites excluding steroid dienone is 4. The Balaban J connectivity index is 1.30. The predicted molar refractivity (Wildman–Crippen MR) is 131 cm³/mol. The first kappa shape index (κ1) is 17.9. The summed E-state index contributed by atoms with van der Waals surface area (Å²) in [5.41, 5.74) is 6.51. The van der Waals surface area contributed by atoms with Crippen molar-refractivity contribution in [3.63, 3.8) is 0 Å². The van der Waals surface area contributed by atoms with E-state index in [2.05, 4.69) is 114 Å². The van der Waals surface area contributed by atoms with Gasteiger partial charge >= 0.3 is 0 Å². The van der Waals surface area contributed by atoms with Gasteiger partial charge in [0.2, 0.25) is 0 Å². The molecule has 7 rings (SSSR count). The summed E-state index contributed by atoms with van der Waals surface area (Å²) in [4.78, 5) is 0. The van der Waals surface area contributed by atoms with Gasteiger partial charge in [-0.05, 0) is 54.0 Å². The van der Waals surface area contributed by atoms with Gasteiger partial charge in [0.1, 0.15) is 11.9 Å². The number of hydrogen-bond acceptors (Lipinski definition) is 1. The van der Waals surface area contributed by atoms with E-state index in [4.69, 9.17) is 4.74 Å². The van der Waals surface area contributed by atoms with E-state index < -0.39 is 0 Å². The van der Waals surface area contributed by atoms with Gasteiger partial charge in [0.05, 0.1) is 11.0 Å². The summed E-state index contributed by atoms with van der Waals surface area (Å²) >= 11 is 0. The highest BCUT2D eigenvalue weighted by atomic mass is 16.5. The van der Waals surface area contributed by atoms with Crippen LogP contribution in [0.1, 0.15) is 17.9 Å². The molecule has 0 N–H and O–H groups in total. The molecule has 2 aliphatic carbocycles. The highest BCUT2D eigenvalue weighted by Crippen LogP contribution is 2.44. The molecule has 0 saturated carbocycles. The lowest BCUT2D eigenvalue weighted by Crippen LogP contribution is -2.16. The quantitative estimate of drug-likeness (QED) is 0.338. The summed E-state index contributed by atoms with van der Waals surface area (Å²) in [7, 11) is 0. The van der Waals surface area contributed by atoms with E-state index in [1.807, 2.05) is 0 Å². The molecule has 3 unspecified atom stereocenters. The minimum Gasteiger partial charge on any atom is -0.485 e. The van der Waals surface area contributed by atoms with Crippen LogP contribution in [0.4, 0.5) is 0 Å². The molecule has 2 heterocycles. The lowest BCUT2D eigenvalue weighted by atomic mass is 9.81. The van der Waals surface area contributed by atoms with E-state index >= 15 is 0 Å². The molecule has 1 aliphatic heterocycles. The number of nitrogens with zero attached hydrogens (tertiary/aromatic N) is 1. The lowest BCUT2D eigenvalue weighted by molar-refractivity contribution is 0.173. The van der Waals surface area contributed by atoms with Crippen molar-refractivity contribution < 1.29 is 4.74 Å². The molecule has 0 bridgehead atoms. The Kier molecular flexibility index (Phi) is 3.83. The number of hydrogen-bond donors (Lipinski definition) is 0. The molecule has 154 valence electrons. The fourth-order valence-corrected chi connectivity index (χ4v) is 5.62. The summed E-state index contributed by atoms with van der Waals surface area (Å²) in [6, 6.07) is 26.4. The third-order valence-corrected chi connectivity index (χ3v) is 7.12. The van der Waals surface area contributed by atoms with Crippen molar-refractivity contribution in [2.75, 3.05) is 0 Å². The van der Waals surface area contributed by atoms with Crippen molar-refractivity contribution >= 4 is 21.8 Å². The number of para-hydroxylation sites is 2. The van der Waals surface area contributed by atoms with Gasteiger partial charge < -0.3 is 9.30 Å². The number of benzene rings is 3. The van der Waals surface area contributed by atoms with Crippen molar-refractivity contribution in [1.82, 2.24) is 4.57 Å². The van der Waals surface area contributed by atoms with Gasteiger partial charge in [0.25, 0.3) is 0 Å². The second kappa shape index (κ2) is 6.86. The molecule has 1 aromatic heterocycles. The maximum Gasteiger partial charge on any atom is 0.127 e. The zero-order valence-corrected chi connectivity index (χ0v) is 17.7. The Bertz CT molecular complexity index is 1440. The van der Waals surface area contributed by atoms with Crippen molar-refractivity contribution in [1.29, 1.82) is 0 Å². The highest BCUT2D eigenvalue weighted by molar-refractivity contribution is 6.09. The van der Waals surface area contributed by atoms with Crippen LogP contribution in [0.2, 0.25) is 0 Å². The molecule has 3 aliphatic rings. The van der Waals surface area contributed by atoms with E-state index in [1.165, 1.54) is 38.6 Å². The smallest absolute Gasteiger partial charge is 0.127 e. The van der Waals surface area contributed by atoms with Crippen molar-refractivity contribution in [2.45, 2.75) is 18.4 Å². The van der Waals surface area contributed by atoms with Gasteiger partial charge in [-0.2, -0.15) is 0 Å². The maximum absolute atomic E-state index is 6.18. The second-order valence-corrected chi connectivity index (χ2v) is 8.90. The monoisotopic (exact) mass is 413 g/mol. The van der Waals surface area contributed by atoms with Gasteiger partial charge in [0.15, 0.2) is 0 Å². The molecule has 0 fully saturated rings. The van der Waals surface area contributed by atoms with Gasteiger partial charge in [-0.3, -0.25) is 0 Å². The van der Waals surface area contributed by atoms with Crippen LogP contribution in [-0.2, 0) is 4.74 Å². The molecular formula is C30H23NO. The van der Waals surface area contributed by atoms with E-state index in [0.717, 1.165) is 12.2 Å². The number of fused-ring (bicyclic) bond motifs is 5. The predicted octanol–water partition coefficient (Wildman–Crippen LogP) is 7.22. The average molecular weight is 414 g/mol. The lowest BCUT2D eigenvalue weighted by Gasteiger charge is -2.22. The van der Waals surface area contributed by atoms with Crippen LogP contribution < -0.4 is 0 Å². The molecule has 2 nitrogen and oxygen atoms in total. The van der Waals surface area contributed by atoms with Crippen LogP contribution in [0.15, 0.2) is 121 Å². The Hall–Kier alpha value is -3.78. The standard InChI is InChI=1S/C30H23NO/c1-4-13-27-23(10-1)24-11-2-5-14-28(24)31(27)22-9-7-8-20(18-22)21-16-17-30-26(19-21)25-12-3-6-15-29(25)32-30/h1-18,21,25,29H,19H2. The Morgan fingerprint density at radius 2 is 1.50 bits per heavy atom. The fraction of sp³-hybridized carbons (Fsp3) is 0.133. The largest absolute Gasteiger partial charge is 0.485 e. The Labute approximate surface area is 187 Å². The molecule has 32 heavy (non-hydrogen) atoms. The van der Waals surface area contributed by atoms with Gasteiger partial charge in [-0.25, -0.2) is 0 Å². The zero-order chi connectivity index (χ0) is 21.1. The molecule has 0 spiro atoms. The van der Waals surface area contributed by atoms with Crippen LogP contribution in [0.3, 0.4) is 0 Å². The molecule has 4 aromatic rings. The van der Waals surface area contributed by atoms with Crippen LogP contribution >= 0.6 is 0 Å². The van der Waals surface area contributed by atoms with Gasteiger partial charge in [-0.1, -0.05) is 72.8 Å². The fourth-order valence-electron chi connectivity index (χ4n) is 5.62. The zero-order valence-electron chi connectivity index (χ0n) is 17.7.